The summed E-state index contributed by atoms with van der Waals surface area (Å²) in [6.45, 7) is 5.27. The van der Waals surface area contributed by atoms with Crippen molar-refractivity contribution in [3.8, 4) is 5.75 Å². The molecule has 0 bridgehead atoms. The van der Waals surface area contributed by atoms with E-state index in [0.717, 1.165) is 35.6 Å². The highest BCUT2D eigenvalue weighted by Gasteiger charge is 2.28. The highest BCUT2D eigenvalue weighted by atomic mass is 32.2. The minimum atomic E-state index is -3.82. The molecule has 0 N–H and O–H groups in total. The lowest BCUT2D eigenvalue weighted by Gasteiger charge is -2.24. The van der Waals surface area contributed by atoms with Crippen molar-refractivity contribution in [3.05, 3.63) is 23.8 Å². The molecule has 7 heteroatoms. The smallest absolute Gasteiger partial charge is 0.246 e. The first kappa shape index (κ1) is 20.7. The molecule has 6 nitrogen and oxygen atoms in total. The molecule has 2 rings (SSSR count). The van der Waals surface area contributed by atoms with E-state index in [4.69, 9.17) is 4.74 Å². The summed E-state index contributed by atoms with van der Waals surface area (Å²) in [4.78, 5) is 14.4. The van der Waals surface area contributed by atoms with E-state index in [1.54, 1.807) is 17.0 Å². The summed E-state index contributed by atoms with van der Waals surface area (Å²) >= 11 is 0. The van der Waals surface area contributed by atoms with Crippen LogP contribution < -0.4 is 4.74 Å². The van der Waals surface area contributed by atoms with Gasteiger partial charge in [-0.3, -0.25) is 4.79 Å². The van der Waals surface area contributed by atoms with E-state index in [2.05, 4.69) is 0 Å². The van der Waals surface area contributed by atoms with Gasteiger partial charge in [0.05, 0.1) is 13.7 Å². The van der Waals surface area contributed by atoms with E-state index >= 15 is 0 Å². The first-order valence-electron chi connectivity index (χ1n) is 9.19. The Morgan fingerprint density at radius 1 is 1.19 bits per heavy atom. The second-order valence-corrected chi connectivity index (χ2v) is 9.13. The number of sulfonamides is 1. The fourth-order valence-corrected chi connectivity index (χ4v) is 4.42. The van der Waals surface area contributed by atoms with Crippen LogP contribution in [-0.2, 0) is 14.8 Å². The predicted molar refractivity (Wildman–Crippen MR) is 102 cm³/mol. The molecule has 0 radical (unpaired) electrons. The Morgan fingerprint density at radius 3 is 2.35 bits per heavy atom. The number of likely N-dealkylation sites (tertiary alicyclic amines) is 1. The number of hydrogen-bond acceptors (Lipinski definition) is 4. The molecule has 1 heterocycles. The lowest BCUT2D eigenvalue weighted by molar-refractivity contribution is -0.131. The third-order valence-electron chi connectivity index (χ3n) is 4.86. The van der Waals surface area contributed by atoms with Crippen LogP contribution in [0.15, 0.2) is 23.1 Å². The summed E-state index contributed by atoms with van der Waals surface area (Å²) in [7, 11) is -0.919. The average Bonchev–Trinajstić information content (AvgIpc) is 2.90. The fourth-order valence-electron chi connectivity index (χ4n) is 3.12. The van der Waals surface area contributed by atoms with Crippen molar-refractivity contribution >= 4 is 15.9 Å². The summed E-state index contributed by atoms with van der Waals surface area (Å²) in [5.74, 6) is 0.347. The molecule has 1 saturated heterocycles. The van der Waals surface area contributed by atoms with Crippen molar-refractivity contribution in [1.82, 2.24) is 9.21 Å². The first-order valence-corrected chi connectivity index (χ1v) is 10.6. The van der Waals surface area contributed by atoms with Crippen molar-refractivity contribution in [2.45, 2.75) is 50.3 Å². The quantitative estimate of drug-likeness (QED) is 0.759. The van der Waals surface area contributed by atoms with Crippen LogP contribution in [0.4, 0.5) is 0 Å². The van der Waals surface area contributed by atoms with Gasteiger partial charge in [-0.2, -0.15) is 4.31 Å². The summed E-state index contributed by atoms with van der Waals surface area (Å²) in [5, 5.41) is 0. The number of nitrogens with zero attached hydrogens (tertiary/aromatic N) is 2. The number of carbonyl (C=O) groups excluding carboxylic acids is 1. The number of methoxy groups -OCH3 is 1. The number of ether oxygens (including phenoxy) is 1. The summed E-state index contributed by atoms with van der Waals surface area (Å²) in [6.07, 6.45) is 4.20. The topological polar surface area (TPSA) is 66.9 Å². The van der Waals surface area contributed by atoms with Crippen LogP contribution >= 0.6 is 0 Å². The average molecular weight is 383 g/mol. The third kappa shape index (κ3) is 4.76. The van der Waals surface area contributed by atoms with E-state index in [-0.39, 0.29) is 23.3 Å². The Labute approximate surface area is 157 Å². The molecular weight excluding hydrogens is 352 g/mol. The van der Waals surface area contributed by atoms with Gasteiger partial charge in [-0.1, -0.05) is 32.8 Å². The third-order valence-corrected chi connectivity index (χ3v) is 6.68. The monoisotopic (exact) mass is 382 g/mol. The lowest BCUT2D eigenvalue weighted by atomic mass is 10.0. The van der Waals surface area contributed by atoms with Crippen molar-refractivity contribution < 1.29 is 17.9 Å². The van der Waals surface area contributed by atoms with Crippen LogP contribution in [0, 0.1) is 0 Å². The molecule has 1 aromatic carbocycles. The van der Waals surface area contributed by atoms with Gasteiger partial charge >= 0.3 is 0 Å². The molecule has 0 saturated carbocycles. The van der Waals surface area contributed by atoms with Crippen LogP contribution in [-0.4, -0.2) is 57.3 Å². The van der Waals surface area contributed by atoms with Gasteiger partial charge in [-0.05, 0) is 36.5 Å². The Hall–Kier alpha value is -1.60. The summed E-state index contributed by atoms with van der Waals surface area (Å²) in [6, 6.07) is 5.18. The van der Waals surface area contributed by atoms with E-state index in [1.165, 1.54) is 14.2 Å². The molecule has 1 aliphatic rings. The van der Waals surface area contributed by atoms with E-state index in [9.17, 15) is 13.2 Å². The van der Waals surface area contributed by atoms with Crippen LogP contribution in [0.25, 0.3) is 0 Å². The van der Waals surface area contributed by atoms with Crippen molar-refractivity contribution in [2.75, 3.05) is 33.8 Å². The molecule has 0 aliphatic carbocycles. The Kier molecular flexibility index (Phi) is 7.06. The normalized spacial score (nSPS) is 16.0. The van der Waals surface area contributed by atoms with Gasteiger partial charge in [0.1, 0.15) is 10.6 Å². The van der Waals surface area contributed by atoms with E-state index < -0.39 is 10.0 Å². The first-order chi connectivity index (χ1) is 12.3. The van der Waals surface area contributed by atoms with Crippen LogP contribution in [0.2, 0.25) is 0 Å². The second-order valence-electron chi connectivity index (χ2n) is 7.12. The number of likely N-dealkylation sites (N-methyl/N-ethyl adjacent to an activating group) is 1. The zero-order valence-electron chi connectivity index (χ0n) is 16.2. The highest BCUT2D eigenvalue weighted by Crippen LogP contribution is 2.30. The zero-order valence-corrected chi connectivity index (χ0v) is 17.0. The largest absolute Gasteiger partial charge is 0.495 e. The molecule has 1 aromatic rings. The van der Waals surface area contributed by atoms with Gasteiger partial charge in [0.25, 0.3) is 0 Å². The van der Waals surface area contributed by atoms with Gasteiger partial charge in [0.15, 0.2) is 0 Å². The minimum Gasteiger partial charge on any atom is -0.495 e. The lowest BCUT2D eigenvalue weighted by Crippen LogP contribution is -2.41. The van der Waals surface area contributed by atoms with Crippen LogP contribution in [0.5, 0.6) is 5.75 Å². The predicted octanol–water partition coefficient (Wildman–Crippen LogP) is 2.84. The molecule has 0 spiro atoms. The Bertz CT molecular complexity index is 723. The zero-order chi connectivity index (χ0) is 19.3. The molecule has 0 atom stereocenters. The van der Waals surface area contributed by atoms with E-state index in [1.807, 2.05) is 19.9 Å². The maximum atomic E-state index is 13.0. The highest BCUT2D eigenvalue weighted by molar-refractivity contribution is 7.89. The number of amides is 1. The Balaban J connectivity index is 2.22. The van der Waals surface area contributed by atoms with Crippen molar-refractivity contribution in [1.29, 1.82) is 0 Å². The van der Waals surface area contributed by atoms with Crippen LogP contribution in [0.1, 0.15) is 51.0 Å². The van der Waals surface area contributed by atoms with Gasteiger partial charge < -0.3 is 9.64 Å². The molecule has 0 aromatic heterocycles. The standard InChI is InChI=1S/C19H30N2O4S/c1-15(2)16-9-10-17(25-4)18(13-16)26(23,24)20(3)14-19(22)21-11-7-5-6-8-12-21/h9-10,13,15H,5-8,11-12,14H2,1-4H3. The maximum absolute atomic E-state index is 13.0. The molecule has 1 amide bonds. The van der Waals surface area contributed by atoms with Gasteiger partial charge in [-0.25, -0.2) is 8.42 Å². The van der Waals surface area contributed by atoms with E-state index in [0.29, 0.717) is 18.8 Å². The summed E-state index contributed by atoms with van der Waals surface area (Å²) in [5.41, 5.74) is 0.914. The molecule has 26 heavy (non-hydrogen) atoms. The Morgan fingerprint density at radius 2 is 1.81 bits per heavy atom. The number of benzene rings is 1. The number of rotatable bonds is 6. The van der Waals surface area contributed by atoms with Gasteiger partial charge in [0, 0.05) is 20.1 Å². The van der Waals surface area contributed by atoms with Gasteiger partial charge in [-0.15, -0.1) is 0 Å². The number of hydrogen-bond donors (Lipinski definition) is 0. The molecule has 1 fully saturated rings. The second kappa shape index (κ2) is 8.86. The van der Waals surface area contributed by atoms with Crippen LogP contribution in [0.3, 0.4) is 0 Å². The summed E-state index contributed by atoms with van der Waals surface area (Å²) < 4.78 is 32.5. The fraction of sp³-hybridized carbons (Fsp3) is 0.632. The number of carbonyl (C=O) groups is 1. The molecular formula is C19H30N2O4S. The minimum absolute atomic E-state index is 0.109. The SMILES string of the molecule is COc1ccc(C(C)C)cc1S(=O)(=O)N(C)CC(=O)N1CCCCCC1. The van der Waals surface area contributed by atoms with Crippen molar-refractivity contribution in [3.63, 3.8) is 0 Å². The molecule has 146 valence electrons. The molecule has 0 unspecified atom stereocenters. The van der Waals surface area contributed by atoms with Crippen molar-refractivity contribution in [2.24, 2.45) is 0 Å². The maximum Gasteiger partial charge on any atom is 0.246 e. The molecule has 1 aliphatic heterocycles. The van der Waals surface area contributed by atoms with Gasteiger partial charge in [0.2, 0.25) is 15.9 Å².